The SMILES string of the molecule is Cc1ccc(C2=[N+]([O-])C3(CCCCCC3=O)N(O)C2(C)C)o1. The number of Topliss-reactive ketones (excluding diaryl/α,β-unsaturated/α-hetero) is 1. The lowest BCUT2D eigenvalue weighted by atomic mass is 9.94. The first-order chi connectivity index (χ1) is 10.3. The molecule has 1 aliphatic heterocycles. The molecule has 6 nitrogen and oxygen atoms in total. The van der Waals surface area contributed by atoms with Gasteiger partial charge >= 0.3 is 5.66 Å². The van der Waals surface area contributed by atoms with Crippen molar-refractivity contribution in [3.8, 4) is 0 Å². The molecule has 0 radical (unpaired) electrons. The Morgan fingerprint density at radius 2 is 2.05 bits per heavy atom. The molecule has 2 aliphatic rings. The van der Waals surface area contributed by atoms with E-state index in [1.807, 2.05) is 0 Å². The van der Waals surface area contributed by atoms with Crippen molar-refractivity contribution in [2.75, 3.05) is 0 Å². The van der Waals surface area contributed by atoms with Crippen LogP contribution >= 0.6 is 0 Å². The van der Waals surface area contributed by atoms with Gasteiger partial charge in [-0.05, 0) is 45.7 Å². The maximum atomic E-state index is 13.1. The number of hydroxylamine groups is 3. The summed E-state index contributed by atoms with van der Waals surface area (Å²) in [6.07, 6.45) is 3.04. The minimum Gasteiger partial charge on any atom is -0.622 e. The third kappa shape index (κ3) is 1.87. The molecule has 120 valence electrons. The molecule has 22 heavy (non-hydrogen) atoms. The molecule has 1 N–H and O–H groups in total. The third-order valence-corrected chi connectivity index (χ3v) is 4.85. The summed E-state index contributed by atoms with van der Waals surface area (Å²) in [5.41, 5.74) is -2.21. The molecule has 0 saturated heterocycles. The Morgan fingerprint density at radius 1 is 1.32 bits per heavy atom. The molecule has 2 heterocycles. The number of carbonyl (C=O) groups is 1. The lowest BCUT2D eigenvalue weighted by Gasteiger charge is -2.33. The maximum absolute atomic E-state index is 13.1. The zero-order valence-corrected chi connectivity index (χ0v) is 13.3. The van der Waals surface area contributed by atoms with Crippen LogP contribution < -0.4 is 0 Å². The fraction of sp³-hybridized carbons (Fsp3) is 0.625. The molecule has 0 bridgehead atoms. The lowest BCUT2D eigenvalue weighted by Crippen LogP contribution is -2.59. The highest BCUT2D eigenvalue weighted by Crippen LogP contribution is 2.41. The highest BCUT2D eigenvalue weighted by atomic mass is 16.6. The van der Waals surface area contributed by atoms with Crippen LogP contribution in [-0.2, 0) is 4.79 Å². The van der Waals surface area contributed by atoms with Gasteiger partial charge in [0.15, 0.2) is 5.76 Å². The molecule has 0 amide bonds. The zero-order chi connectivity index (χ0) is 16.1. The van der Waals surface area contributed by atoms with E-state index in [-0.39, 0.29) is 5.78 Å². The van der Waals surface area contributed by atoms with Crippen LogP contribution in [0.1, 0.15) is 57.5 Å². The third-order valence-electron chi connectivity index (χ3n) is 4.85. The van der Waals surface area contributed by atoms with E-state index in [4.69, 9.17) is 4.42 Å². The van der Waals surface area contributed by atoms with Gasteiger partial charge in [-0.3, -0.25) is 4.79 Å². The van der Waals surface area contributed by atoms with Crippen molar-refractivity contribution in [2.24, 2.45) is 0 Å². The average molecular weight is 306 g/mol. The predicted octanol–water partition coefficient (Wildman–Crippen LogP) is 2.60. The Kier molecular flexibility index (Phi) is 3.41. The summed E-state index contributed by atoms with van der Waals surface area (Å²) in [5.74, 6) is 0.878. The topological polar surface area (TPSA) is 79.8 Å². The Morgan fingerprint density at radius 3 is 2.68 bits per heavy atom. The molecule has 1 atom stereocenters. The second-order valence-electron chi connectivity index (χ2n) is 6.72. The van der Waals surface area contributed by atoms with Crippen LogP contribution in [0.25, 0.3) is 0 Å². The molecule has 0 aromatic carbocycles. The van der Waals surface area contributed by atoms with Crippen LogP contribution in [0.5, 0.6) is 0 Å². The van der Waals surface area contributed by atoms with E-state index in [0.29, 0.717) is 34.8 Å². The van der Waals surface area contributed by atoms with Crippen LogP contribution in [0.2, 0.25) is 0 Å². The monoisotopic (exact) mass is 306 g/mol. The second-order valence-corrected chi connectivity index (χ2v) is 6.72. The molecule has 1 spiro atoms. The Balaban J connectivity index is 2.20. The highest BCUT2D eigenvalue weighted by Gasteiger charge is 2.66. The number of furan rings is 1. The average Bonchev–Trinajstić information content (AvgIpc) is 2.83. The molecule has 1 aromatic heterocycles. The van der Waals surface area contributed by atoms with Gasteiger partial charge in [-0.1, -0.05) is 6.42 Å². The fourth-order valence-corrected chi connectivity index (χ4v) is 3.66. The van der Waals surface area contributed by atoms with Crippen LogP contribution in [0, 0.1) is 12.1 Å². The van der Waals surface area contributed by atoms with Gasteiger partial charge in [0.2, 0.25) is 5.78 Å². The number of rotatable bonds is 1. The van der Waals surface area contributed by atoms with Crippen LogP contribution in [0.3, 0.4) is 0 Å². The molecule has 1 fully saturated rings. The van der Waals surface area contributed by atoms with Gasteiger partial charge in [-0.2, -0.15) is 4.74 Å². The highest BCUT2D eigenvalue weighted by molar-refractivity contribution is 6.04. The quantitative estimate of drug-likeness (QED) is 0.637. The number of carbonyl (C=O) groups excluding carboxylic acids is 1. The van der Waals surface area contributed by atoms with Crippen molar-refractivity contribution < 1.29 is 19.2 Å². The van der Waals surface area contributed by atoms with Gasteiger partial charge < -0.3 is 14.8 Å². The van der Waals surface area contributed by atoms with E-state index in [2.05, 4.69) is 0 Å². The summed E-state index contributed by atoms with van der Waals surface area (Å²) in [6, 6.07) is 3.49. The Bertz CT molecular complexity index is 646. The Hall–Kier alpha value is -1.66. The zero-order valence-electron chi connectivity index (χ0n) is 13.3. The van der Waals surface area contributed by atoms with E-state index in [1.54, 1.807) is 32.9 Å². The predicted molar refractivity (Wildman–Crippen MR) is 79.7 cm³/mol. The number of aryl methyl sites for hydroxylation is 1. The summed E-state index contributed by atoms with van der Waals surface area (Å²) >= 11 is 0. The van der Waals surface area contributed by atoms with Gasteiger partial charge in [-0.25, -0.2) is 0 Å². The molecular formula is C16H22N2O4. The van der Waals surface area contributed by atoms with Gasteiger partial charge in [0.25, 0.3) is 5.71 Å². The molecule has 1 aliphatic carbocycles. The van der Waals surface area contributed by atoms with Gasteiger partial charge in [0, 0.05) is 12.8 Å². The van der Waals surface area contributed by atoms with E-state index in [0.717, 1.165) is 24.3 Å². The van der Waals surface area contributed by atoms with Crippen LogP contribution in [0.4, 0.5) is 0 Å². The molecular weight excluding hydrogens is 284 g/mol. The van der Waals surface area contributed by atoms with Gasteiger partial charge in [0.1, 0.15) is 11.3 Å². The lowest BCUT2D eigenvalue weighted by molar-refractivity contribution is -0.572. The van der Waals surface area contributed by atoms with Crippen molar-refractivity contribution in [1.29, 1.82) is 0 Å². The number of ketones is 1. The van der Waals surface area contributed by atoms with Crippen LogP contribution in [0.15, 0.2) is 16.5 Å². The first kappa shape index (κ1) is 15.2. The largest absolute Gasteiger partial charge is 0.622 e. The molecule has 1 saturated carbocycles. The minimum atomic E-state index is -1.52. The number of hydrogen-bond acceptors (Lipinski definition) is 5. The summed E-state index contributed by atoms with van der Waals surface area (Å²) in [4.78, 5) is 12.6. The van der Waals surface area contributed by atoms with E-state index < -0.39 is 11.2 Å². The van der Waals surface area contributed by atoms with Crippen molar-refractivity contribution >= 4 is 11.5 Å². The van der Waals surface area contributed by atoms with E-state index >= 15 is 0 Å². The number of nitrogens with zero attached hydrogens (tertiary/aromatic N) is 2. The molecule has 6 heteroatoms. The first-order valence-corrected chi connectivity index (χ1v) is 7.76. The molecule has 1 aromatic rings. The van der Waals surface area contributed by atoms with Gasteiger partial charge in [-0.15, -0.1) is 5.06 Å². The number of hydrogen-bond donors (Lipinski definition) is 1. The van der Waals surface area contributed by atoms with Crippen molar-refractivity contribution in [3.63, 3.8) is 0 Å². The van der Waals surface area contributed by atoms with Crippen molar-refractivity contribution in [1.82, 2.24) is 5.06 Å². The van der Waals surface area contributed by atoms with E-state index in [9.17, 15) is 15.2 Å². The smallest absolute Gasteiger partial charge is 0.310 e. The fourth-order valence-electron chi connectivity index (χ4n) is 3.66. The van der Waals surface area contributed by atoms with E-state index in [1.165, 1.54) is 0 Å². The van der Waals surface area contributed by atoms with Crippen LogP contribution in [-0.4, -0.2) is 37.7 Å². The summed E-state index contributed by atoms with van der Waals surface area (Å²) < 4.78 is 6.29. The Labute approximate surface area is 129 Å². The summed E-state index contributed by atoms with van der Waals surface area (Å²) in [7, 11) is 0. The second kappa shape index (κ2) is 4.93. The molecule has 1 unspecified atom stereocenters. The molecule has 3 rings (SSSR count). The normalized spacial score (nSPS) is 29.4. The first-order valence-electron chi connectivity index (χ1n) is 7.76. The maximum Gasteiger partial charge on any atom is 0.310 e. The standard InChI is InChI=1S/C16H22N2O4/c1-11-8-9-12(22-11)14-15(2,3)18(21)16(17(14)20)10-6-4-5-7-13(16)19/h8-9,21H,4-7,10H2,1-3H3. The summed E-state index contributed by atoms with van der Waals surface area (Å²) in [6.45, 7) is 5.26. The minimum absolute atomic E-state index is 0.214. The summed E-state index contributed by atoms with van der Waals surface area (Å²) in [5, 5.41) is 24.8. The van der Waals surface area contributed by atoms with Crippen molar-refractivity contribution in [2.45, 2.75) is 64.1 Å². The van der Waals surface area contributed by atoms with Gasteiger partial charge in [0.05, 0.1) is 0 Å². The van der Waals surface area contributed by atoms with Crippen molar-refractivity contribution in [3.05, 3.63) is 28.9 Å².